The first-order chi connectivity index (χ1) is 16.1. The normalized spacial score (nSPS) is 12.2. The molecule has 2 aromatic carbocycles. The number of hydrogen-bond acceptors (Lipinski definition) is 8. The van der Waals surface area contributed by atoms with Gasteiger partial charge in [0.2, 0.25) is 24.6 Å². The van der Waals surface area contributed by atoms with Crippen molar-refractivity contribution in [2.75, 3.05) is 12.2 Å². The molecular formula is C22H21N7O4. The van der Waals surface area contributed by atoms with Crippen molar-refractivity contribution in [3.63, 3.8) is 0 Å². The number of amides is 2. The quantitative estimate of drug-likeness (QED) is 0.366. The van der Waals surface area contributed by atoms with Crippen molar-refractivity contribution >= 4 is 34.3 Å². The molecule has 0 fully saturated rings. The van der Waals surface area contributed by atoms with E-state index in [1.165, 1.54) is 4.52 Å². The number of nitrogens with zero attached hydrogens (tertiary/aromatic N) is 4. The molecule has 5 rings (SSSR count). The fourth-order valence-corrected chi connectivity index (χ4v) is 3.49. The summed E-state index contributed by atoms with van der Waals surface area (Å²) in [4.78, 5) is 33.4. The lowest BCUT2D eigenvalue weighted by atomic mass is 10.2. The second-order valence-electron chi connectivity index (χ2n) is 7.48. The maximum Gasteiger partial charge on any atom is 0.245 e. The lowest BCUT2D eigenvalue weighted by molar-refractivity contribution is -0.126. The van der Waals surface area contributed by atoms with Crippen LogP contribution in [0.1, 0.15) is 24.2 Å². The molecule has 1 aliphatic heterocycles. The molecule has 0 saturated carbocycles. The number of aromatic nitrogens is 4. The van der Waals surface area contributed by atoms with Crippen molar-refractivity contribution < 1.29 is 19.1 Å². The molecule has 4 aromatic rings. The van der Waals surface area contributed by atoms with Crippen molar-refractivity contribution in [3.05, 3.63) is 53.9 Å². The first kappa shape index (κ1) is 20.5. The van der Waals surface area contributed by atoms with E-state index in [0.717, 1.165) is 16.5 Å². The largest absolute Gasteiger partial charge is 0.454 e. The number of nitrogens with one attached hydrogen (secondary N) is 3. The average molecular weight is 447 g/mol. The van der Waals surface area contributed by atoms with Gasteiger partial charge in [-0.3, -0.25) is 20.4 Å². The molecule has 0 saturated heterocycles. The third kappa shape index (κ3) is 4.33. The van der Waals surface area contributed by atoms with Gasteiger partial charge in [0.25, 0.3) is 0 Å². The SMILES string of the molecule is Cc1nc2c3ccccc3nc(NNC(=O)CCC(=O)NCc3ccc4c(c3)OCO4)n2n1. The summed E-state index contributed by atoms with van der Waals surface area (Å²) in [5.74, 6) is 1.67. The Hall–Kier alpha value is -4.41. The van der Waals surface area contributed by atoms with E-state index in [-0.39, 0.29) is 31.4 Å². The van der Waals surface area contributed by atoms with E-state index in [0.29, 0.717) is 35.5 Å². The number of fused-ring (bicyclic) bond motifs is 4. The molecule has 2 amide bonds. The molecule has 0 atom stereocenters. The maximum absolute atomic E-state index is 12.3. The Morgan fingerprint density at radius 3 is 2.76 bits per heavy atom. The van der Waals surface area contributed by atoms with Crippen LogP contribution in [0.2, 0.25) is 0 Å². The molecule has 3 heterocycles. The molecule has 0 bridgehead atoms. The zero-order chi connectivity index (χ0) is 22.8. The molecule has 11 nitrogen and oxygen atoms in total. The van der Waals surface area contributed by atoms with Crippen molar-refractivity contribution in [2.45, 2.75) is 26.3 Å². The van der Waals surface area contributed by atoms with Gasteiger partial charge < -0.3 is 14.8 Å². The van der Waals surface area contributed by atoms with Gasteiger partial charge in [0.05, 0.1) is 5.52 Å². The Kier molecular flexibility index (Phi) is 5.35. The Bertz CT molecular complexity index is 1370. The molecule has 0 spiro atoms. The monoisotopic (exact) mass is 447 g/mol. The topological polar surface area (TPSA) is 132 Å². The van der Waals surface area contributed by atoms with Gasteiger partial charge in [0.1, 0.15) is 5.82 Å². The highest BCUT2D eigenvalue weighted by atomic mass is 16.7. The summed E-state index contributed by atoms with van der Waals surface area (Å²) in [5, 5.41) is 7.99. The molecular weight excluding hydrogens is 426 g/mol. The van der Waals surface area contributed by atoms with Crippen molar-refractivity contribution in [1.82, 2.24) is 30.3 Å². The first-order valence-electron chi connectivity index (χ1n) is 10.4. The van der Waals surface area contributed by atoms with Gasteiger partial charge in [-0.1, -0.05) is 18.2 Å². The number of rotatable bonds is 7. The van der Waals surface area contributed by atoms with Gasteiger partial charge in [-0.05, 0) is 36.8 Å². The number of aryl methyl sites for hydroxylation is 1. The molecule has 3 N–H and O–H groups in total. The van der Waals surface area contributed by atoms with Crippen LogP contribution < -0.4 is 25.6 Å². The second-order valence-corrected chi connectivity index (χ2v) is 7.48. The van der Waals surface area contributed by atoms with E-state index in [1.54, 1.807) is 13.0 Å². The molecule has 33 heavy (non-hydrogen) atoms. The minimum atomic E-state index is -0.354. The number of carbonyl (C=O) groups excluding carboxylic acids is 2. The lowest BCUT2D eigenvalue weighted by Gasteiger charge is -2.10. The van der Waals surface area contributed by atoms with Crippen LogP contribution in [0, 0.1) is 6.92 Å². The first-order valence-corrected chi connectivity index (χ1v) is 10.4. The van der Waals surface area contributed by atoms with Gasteiger partial charge in [-0.25, -0.2) is 9.97 Å². The molecule has 0 aliphatic carbocycles. The molecule has 0 radical (unpaired) electrons. The smallest absolute Gasteiger partial charge is 0.245 e. The number of hydrazine groups is 1. The predicted octanol–water partition coefficient (Wildman–Crippen LogP) is 1.85. The van der Waals surface area contributed by atoms with Crippen LogP contribution in [-0.4, -0.2) is 38.2 Å². The van der Waals surface area contributed by atoms with Crippen molar-refractivity contribution in [3.8, 4) is 11.5 Å². The molecule has 0 unspecified atom stereocenters. The van der Waals surface area contributed by atoms with Gasteiger partial charge in [0.15, 0.2) is 17.1 Å². The second kappa shape index (κ2) is 8.61. The minimum Gasteiger partial charge on any atom is -0.454 e. The van der Waals surface area contributed by atoms with Crippen LogP contribution in [0.25, 0.3) is 16.6 Å². The van der Waals surface area contributed by atoms with E-state index >= 15 is 0 Å². The highest BCUT2D eigenvalue weighted by Gasteiger charge is 2.15. The van der Waals surface area contributed by atoms with Gasteiger partial charge in [-0.2, -0.15) is 4.52 Å². The number of para-hydroxylation sites is 1. The average Bonchev–Trinajstić information content (AvgIpc) is 3.45. The fraction of sp³-hybridized carbons (Fsp3) is 0.227. The lowest BCUT2D eigenvalue weighted by Crippen LogP contribution is -2.32. The van der Waals surface area contributed by atoms with E-state index in [1.807, 2.05) is 36.4 Å². The number of carbonyl (C=O) groups is 2. The van der Waals surface area contributed by atoms with E-state index in [4.69, 9.17) is 9.47 Å². The van der Waals surface area contributed by atoms with Crippen molar-refractivity contribution in [2.24, 2.45) is 0 Å². The van der Waals surface area contributed by atoms with Gasteiger partial charge >= 0.3 is 0 Å². The van der Waals surface area contributed by atoms with E-state index in [9.17, 15) is 9.59 Å². The summed E-state index contributed by atoms with van der Waals surface area (Å²) in [7, 11) is 0. The molecule has 11 heteroatoms. The highest BCUT2D eigenvalue weighted by molar-refractivity contribution is 5.92. The fourth-order valence-electron chi connectivity index (χ4n) is 3.49. The Labute approximate surface area is 188 Å². The number of ether oxygens (including phenoxy) is 2. The standard InChI is InChI=1S/C22H21N7O4/c1-13-24-21-15-4-2-3-5-16(15)25-22(29(21)28-13)27-26-20(31)9-8-19(30)23-11-14-6-7-17-18(10-14)33-12-32-17/h2-7,10H,8-9,11-12H2,1H3,(H,23,30)(H,25,27)(H,26,31). The third-order valence-electron chi connectivity index (χ3n) is 5.10. The van der Waals surface area contributed by atoms with Crippen molar-refractivity contribution in [1.29, 1.82) is 0 Å². The summed E-state index contributed by atoms with van der Waals surface area (Å²) in [6, 6.07) is 13.0. The van der Waals surface area contributed by atoms with Crippen LogP contribution in [0.15, 0.2) is 42.5 Å². The van der Waals surface area contributed by atoms with Gasteiger partial charge in [0, 0.05) is 24.8 Å². The third-order valence-corrected chi connectivity index (χ3v) is 5.10. The summed E-state index contributed by atoms with van der Waals surface area (Å²) in [5.41, 5.74) is 7.60. The van der Waals surface area contributed by atoms with Crippen LogP contribution in [0.5, 0.6) is 11.5 Å². The number of anilines is 1. The van der Waals surface area contributed by atoms with E-state index < -0.39 is 0 Å². The van der Waals surface area contributed by atoms with E-state index in [2.05, 4.69) is 31.2 Å². The van der Waals surface area contributed by atoms with Crippen LogP contribution in [0.3, 0.4) is 0 Å². The molecule has 2 aromatic heterocycles. The molecule has 168 valence electrons. The summed E-state index contributed by atoms with van der Waals surface area (Å²) >= 11 is 0. The minimum absolute atomic E-state index is 0.00703. The highest BCUT2D eigenvalue weighted by Crippen LogP contribution is 2.32. The summed E-state index contributed by atoms with van der Waals surface area (Å²) < 4.78 is 12.1. The van der Waals surface area contributed by atoms with Crippen LogP contribution in [0.4, 0.5) is 5.95 Å². The summed E-state index contributed by atoms with van der Waals surface area (Å²) in [6.07, 6.45) is 0.0497. The number of hydrogen-bond donors (Lipinski definition) is 3. The Morgan fingerprint density at radius 2 is 1.85 bits per heavy atom. The van der Waals surface area contributed by atoms with Crippen LogP contribution in [-0.2, 0) is 16.1 Å². The molecule has 1 aliphatic rings. The maximum atomic E-state index is 12.3. The Balaban J connectivity index is 1.15. The number of benzene rings is 2. The zero-order valence-corrected chi connectivity index (χ0v) is 17.8. The predicted molar refractivity (Wildman–Crippen MR) is 118 cm³/mol. The van der Waals surface area contributed by atoms with Crippen LogP contribution >= 0.6 is 0 Å². The zero-order valence-electron chi connectivity index (χ0n) is 17.8. The summed E-state index contributed by atoms with van der Waals surface area (Å²) in [6.45, 7) is 2.32. The Morgan fingerprint density at radius 1 is 1.03 bits per heavy atom. The van der Waals surface area contributed by atoms with Gasteiger partial charge in [-0.15, -0.1) is 5.10 Å².